The van der Waals surface area contributed by atoms with Crippen LogP contribution in [0, 0.1) is 18.3 Å². The van der Waals surface area contributed by atoms with E-state index in [-0.39, 0.29) is 24.3 Å². The van der Waals surface area contributed by atoms with Crippen molar-refractivity contribution in [2.45, 2.75) is 44.1 Å². The monoisotopic (exact) mass is 594 g/mol. The fraction of sp³-hybridized carbons (Fsp3) is 0.393. The Morgan fingerprint density at radius 3 is 2.72 bits per heavy atom. The van der Waals surface area contributed by atoms with Gasteiger partial charge in [-0.05, 0) is 0 Å². The summed E-state index contributed by atoms with van der Waals surface area (Å²) in [5.74, 6) is -2.14. The maximum atomic E-state index is 14.5. The van der Waals surface area contributed by atoms with Crippen LogP contribution in [0.1, 0.15) is 41.9 Å². The number of benzene rings is 2. The van der Waals surface area contributed by atoms with Gasteiger partial charge in [0.2, 0.25) is 6.41 Å². The number of piperidine rings is 2. The first kappa shape index (κ1) is 27.2. The number of hydrogen-bond donors (Lipinski definition) is 1. The molecule has 11 heteroatoms. The summed E-state index contributed by atoms with van der Waals surface area (Å²) in [6.45, 7) is 3.74. The molecule has 2 fully saturated rings. The number of carbonyl (C=O) groups excluding carboxylic acids is 1. The van der Waals surface area contributed by atoms with E-state index in [1.807, 2.05) is 6.07 Å². The topological polar surface area (TPSA) is 104 Å². The number of hydrogen-bond acceptors (Lipinski definition) is 7. The SMILES string of the molecule is Cc1cc([AsH]c2ncnc(-c3ccc(OC4CCN(C=O)CC4(F)F)c(C#N)c3)n2)ccc1C1CCNCC1. The third kappa shape index (κ3) is 6.26. The molecule has 1 N–H and O–H groups in total. The number of nitriles is 1. The molecule has 2 aliphatic rings. The predicted molar refractivity (Wildman–Crippen MR) is 144 cm³/mol. The Labute approximate surface area is 232 Å². The van der Waals surface area contributed by atoms with Gasteiger partial charge in [-0.15, -0.1) is 0 Å². The van der Waals surface area contributed by atoms with Gasteiger partial charge in [0.25, 0.3) is 0 Å². The molecule has 2 unspecified atom stereocenters. The van der Waals surface area contributed by atoms with Crippen LogP contribution >= 0.6 is 0 Å². The molecule has 3 heterocycles. The van der Waals surface area contributed by atoms with Gasteiger partial charge in [-0.1, -0.05) is 0 Å². The minimum absolute atomic E-state index is 0.0301. The zero-order chi connectivity index (χ0) is 27.4. The first-order chi connectivity index (χ1) is 18.9. The van der Waals surface area contributed by atoms with E-state index in [0.717, 1.165) is 35.4 Å². The Balaban J connectivity index is 1.31. The molecule has 2 aliphatic heterocycles. The molecule has 1 aromatic heterocycles. The summed E-state index contributed by atoms with van der Waals surface area (Å²) < 4.78 is 36.5. The molecule has 3 aromatic rings. The number of amides is 1. The summed E-state index contributed by atoms with van der Waals surface area (Å²) in [6.07, 6.45) is 2.74. The Hall–Kier alpha value is -3.41. The van der Waals surface area contributed by atoms with E-state index in [2.05, 4.69) is 45.4 Å². The van der Waals surface area contributed by atoms with E-state index in [4.69, 9.17) is 4.74 Å². The van der Waals surface area contributed by atoms with Crippen LogP contribution < -0.4 is 19.0 Å². The van der Waals surface area contributed by atoms with Crippen LogP contribution in [-0.2, 0) is 4.79 Å². The Bertz CT molecular complexity index is 1390. The average molecular weight is 594 g/mol. The van der Waals surface area contributed by atoms with Gasteiger partial charge < -0.3 is 0 Å². The summed E-state index contributed by atoms with van der Waals surface area (Å²) >= 11 is -0.813. The standard InChI is InChI=1S/C28H29AsF2N6O2/c1-18-12-22(3-4-23(18)19-6-9-33-10-7-19)29-27-35-16-34-26(36-27)20-2-5-24(21(13-20)14-32)39-25-8-11-37(17-38)15-28(25,30)31/h2-5,12-13,16-17,19,25,29,33H,6-11,15H2,1H3. The molecule has 0 bridgehead atoms. The van der Waals surface area contributed by atoms with Crippen LogP contribution in [0.15, 0.2) is 42.7 Å². The second kappa shape index (κ2) is 11.8. The molecule has 0 aliphatic carbocycles. The molecule has 2 atom stereocenters. The zero-order valence-electron chi connectivity index (χ0n) is 21.5. The molecular formula is C28H29AsF2N6O2. The Kier molecular flexibility index (Phi) is 8.20. The van der Waals surface area contributed by atoms with Crippen molar-refractivity contribution in [3.8, 4) is 23.2 Å². The van der Waals surface area contributed by atoms with Crippen LogP contribution in [-0.4, -0.2) is 80.2 Å². The molecule has 5 rings (SSSR count). The summed E-state index contributed by atoms with van der Waals surface area (Å²) in [5.41, 5.74) is 3.41. The predicted octanol–water partition coefficient (Wildman–Crippen LogP) is 1.82. The van der Waals surface area contributed by atoms with Crippen LogP contribution in [0.25, 0.3) is 11.4 Å². The number of rotatable bonds is 7. The molecule has 2 aromatic carbocycles. The molecular weight excluding hydrogens is 565 g/mol. The van der Waals surface area contributed by atoms with E-state index in [1.54, 1.807) is 12.1 Å². The number of halogens is 2. The number of aryl methyl sites for hydroxylation is 1. The minimum atomic E-state index is -3.22. The quantitative estimate of drug-likeness (QED) is 0.329. The molecule has 2 saturated heterocycles. The molecule has 0 radical (unpaired) electrons. The van der Waals surface area contributed by atoms with Gasteiger partial charge in [-0.3, -0.25) is 4.79 Å². The summed E-state index contributed by atoms with van der Waals surface area (Å²) in [7, 11) is 0. The van der Waals surface area contributed by atoms with Gasteiger partial charge in [-0.25, -0.2) is 0 Å². The number of likely N-dealkylation sites (tertiary alicyclic amines) is 1. The number of alkyl halides is 2. The summed E-state index contributed by atoms with van der Waals surface area (Å²) in [6, 6.07) is 13.4. The fourth-order valence-electron chi connectivity index (χ4n) is 5.16. The Morgan fingerprint density at radius 1 is 1.18 bits per heavy atom. The van der Waals surface area contributed by atoms with Crippen LogP contribution in [0.2, 0.25) is 0 Å². The molecule has 0 saturated carbocycles. The van der Waals surface area contributed by atoms with Crippen molar-refractivity contribution in [2.75, 3.05) is 26.2 Å². The maximum absolute atomic E-state index is 14.5. The first-order valence-corrected chi connectivity index (χ1v) is 15.0. The molecule has 8 nitrogen and oxygen atoms in total. The van der Waals surface area contributed by atoms with Gasteiger partial charge >= 0.3 is 222 Å². The number of nitrogens with zero attached hydrogens (tertiary/aromatic N) is 5. The van der Waals surface area contributed by atoms with E-state index < -0.39 is 34.3 Å². The third-order valence-electron chi connectivity index (χ3n) is 7.22. The molecule has 0 spiro atoms. The van der Waals surface area contributed by atoms with Crippen molar-refractivity contribution in [3.05, 3.63) is 59.4 Å². The first-order valence-electron chi connectivity index (χ1n) is 12.9. The molecule has 202 valence electrons. The number of aromatic nitrogens is 3. The number of ether oxygens (including phenoxy) is 1. The normalized spacial score (nSPS) is 19.6. The van der Waals surface area contributed by atoms with Gasteiger partial charge in [0.15, 0.2) is 0 Å². The van der Waals surface area contributed by atoms with Crippen molar-refractivity contribution in [3.63, 3.8) is 0 Å². The molecule has 39 heavy (non-hydrogen) atoms. The zero-order valence-corrected chi connectivity index (χ0v) is 23.6. The van der Waals surface area contributed by atoms with Crippen LogP contribution in [0.5, 0.6) is 5.75 Å². The average Bonchev–Trinajstić information content (AvgIpc) is 2.94. The third-order valence-corrected chi connectivity index (χ3v) is 9.45. The van der Waals surface area contributed by atoms with Gasteiger partial charge in [0.1, 0.15) is 0 Å². The number of nitrogens with one attached hydrogen (secondary N) is 1. The summed E-state index contributed by atoms with van der Waals surface area (Å²) in [5, 5.41) is 13.1. The van der Waals surface area contributed by atoms with E-state index >= 15 is 0 Å². The van der Waals surface area contributed by atoms with E-state index in [1.165, 1.54) is 27.9 Å². The second-order valence-electron chi connectivity index (χ2n) is 9.91. The van der Waals surface area contributed by atoms with Gasteiger partial charge in [-0.2, -0.15) is 0 Å². The van der Waals surface area contributed by atoms with Gasteiger partial charge in [0.05, 0.1) is 0 Å². The van der Waals surface area contributed by atoms with Gasteiger partial charge in [0, 0.05) is 0 Å². The van der Waals surface area contributed by atoms with Crippen molar-refractivity contribution in [2.24, 2.45) is 0 Å². The number of carbonyl (C=O) groups is 1. The van der Waals surface area contributed by atoms with Crippen LogP contribution in [0.4, 0.5) is 8.78 Å². The van der Waals surface area contributed by atoms with Crippen molar-refractivity contribution >= 4 is 31.1 Å². The second-order valence-corrected chi connectivity index (χ2v) is 12.6. The van der Waals surface area contributed by atoms with E-state index in [0.29, 0.717) is 23.7 Å². The van der Waals surface area contributed by atoms with E-state index in [9.17, 15) is 18.8 Å². The van der Waals surface area contributed by atoms with Crippen molar-refractivity contribution in [1.82, 2.24) is 25.2 Å². The summed E-state index contributed by atoms with van der Waals surface area (Å²) in [4.78, 5) is 25.3. The fourth-order valence-corrected chi connectivity index (χ4v) is 7.26. The van der Waals surface area contributed by atoms with Crippen molar-refractivity contribution < 1.29 is 18.3 Å². The van der Waals surface area contributed by atoms with Crippen molar-refractivity contribution in [1.29, 1.82) is 5.26 Å². The Morgan fingerprint density at radius 2 is 2.00 bits per heavy atom. The molecule has 1 amide bonds. The van der Waals surface area contributed by atoms with Crippen LogP contribution in [0.3, 0.4) is 0 Å².